The maximum absolute atomic E-state index is 11.7. The Labute approximate surface area is 119 Å². The molecule has 0 bridgehead atoms. The molecule has 1 aromatic rings. The van der Waals surface area contributed by atoms with Gasteiger partial charge in [0, 0.05) is 18.5 Å². The molecule has 0 atom stereocenters. The molecule has 0 aromatic heterocycles. The van der Waals surface area contributed by atoms with Crippen LogP contribution in [0.25, 0.3) is 0 Å². The van der Waals surface area contributed by atoms with Crippen LogP contribution in [0, 0.1) is 0 Å². The molecule has 0 saturated heterocycles. The van der Waals surface area contributed by atoms with Gasteiger partial charge in [-0.2, -0.15) is 0 Å². The predicted octanol–water partition coefficient (Wildman–Crippen LogP) is 1.45. The average molecular weight is 278 g/mol. The number of hydrogen-bond donors (Lipinski definition) is 3. The van der Waals surface area contributed by atoms with Gasteiger partial charge in [0.05, 0.1) is 6.42 Å². The average Bonchev–Trinajstić information content (AvgIpc) is 2.34. The third-order valence-electron chi connectivity index (χ3n) is 2.93. The molecule has 0 aliphatic heterocycles. The minimum Gasteiger partial charge on any atom is -0.481 e. The fourth-order valence-electron chi connectivity index (χ4n) is 1.78. The highest BCUT2D eigenvalue weighted by atomic mass is 16.4. The summed E-state index contributed by atoms with van der Waals surface area (Å²) in [5.41, 5.74) is 7.01. The van der Waals surface area contributed by atoms with Gasteiger partial charge in [-0.15, -0.1) is 0 Å². The van der Waals surface area contributed by atoms with Crippen LogP contribution in [-0.4, -0.2) is 22.5 Å². The van der Waals surface area contributed by atoms with Crippen LogP contribution in [0.15, 0.2) is 24.3 Å². The zero-order valence-electron chi connectivity index (χ0n) is 12.0. The number of carbonyl (C=O) groups excluding carboxylic acids is 1. The molecule has 1 aromatic carbocycles. The summed E-state index contributed by atoms with van der Waals surface area (Å²) < 4.78 is 0. The number of aliphatic carboxylic acids is 1. The number of hydrogen-bond acceptors (Lipinski definition) is 3. The van der Waals surface area contributed by atoms with Crippen LogP contribution in [0.1, 0.15) is 37.8 Å². The van der Waals surface area contributed by atoms with E-state index < -0.39 is 5.97 Å². The van der Waals surface area contributed by atoms with E-state index in [9.17, 15) is 9.59 Å². The van der Waals surface area contributed by atoms with Gasteiger partial charge in [0.1, 0.15) is 0 Å². The second kappa shape index (κ2) is 7.05. The molecule has 110 valence electrons. The number of carbonyl (C=O) groups is 2. The number of carboxylic acid groups (broad SMARTS) is 1. The highest BCUT2D eigenvalue weighted by molar-refractivity contribution is 5.76. The molecule has 4 N–H and O–H groups in total. The fourth-order valence-corrected chi connectivity index (χ4v) is 1.78. The Hall–Kier alpha value is -1.88. The van der Waals surface area contributed by atoms with Gasteiger partial charge < -0.3 is 16.2 Å². The summed E-state index contributed by atoms with van der Waals surface area (Å²) in [5, 5.41) is 11.6. The molecular weight excluding hydrogens is 256 g/mol. The van der Waals surface area contributed by atoms with Crippen molar-refractivity contribution in [3.05, 3.63) is 35.4 Å². The number of benzene rings is 1. The molecule has 1 rings (SSSR count). The first-order valence-corrected chi connectivity index (χ1v) is 6.62. The monoisotopic (exact) mass is 278 g/mol. The third kappa shape index (κ3) is 6.33. The standard InChI is InChI=1S/C15H22N2O3/c1-15(2,16)8-7-13(18)17-10-12-6-4-3-5-11(12)9-14(19)20/h3-6H,7-10,16H2,1-2H3,(H,17,18)(H,19,20). The van der Waals surface area contributed by atoms with Gasteiger partial charge in [0.15, 0.2) is 0 Å². The summed E-state index contributed by atoms with van der Waals surface area (Å²) in [6, 6.07) is 7.21. The van der Waals surface area contributed by atoms with E-state index in [0.717, 1.165) is 11.1 Å². The van der Waals surface area contributed by atoms with Crippen molar-refractivity contribution in [2.45, 2.75) is 45.2 Å². The number of carboxylic acids is 1. The van der Waals surface area contributed by atoms with Crippen LogP contribution < -0.4 is 11.1 Å². The molecule has 0 spiro atoms. The van der Waals surface area contributed by atoms with E-state index in [1.165, 1.54) is 0 Å². The lowest BCUT2D eigenvalue weighted by atomic mass is 10.00. The SMILES string of the molecule is CC(C)(N)CCC(=O)NCc1ccccc1CC(=O)O. The minimum absolute atomic E-state index is 0.0398. The van der Waals surface area contributed by atoms with Crippen LogP contribution >= 0.6 is 0 Å². The first-order valence-electron chi connectivity index (χ1n) is 6.62. The largest absolute Gasteiger partial charge is 0.481 e. The van der Waals surface area contributed by atoms with Gasteiger partial charge in [-0.25, -0.2) is 0 Å². The summed E-state index contributed by atoms with van der Waals surface area (Å²) in [5.74, 6) is -0.956. The number of nitrogens with one attached hydrogen (secondary N) is 1. The molecule has 1 amide bonds. The van der Waals surface area contributed by atoms with Crippen molar-refractivity contribution in [2.75, 3.05) is 0 Å². The van der Waals surface area contributed by atoms with Crippen LogP contribution in [0.5, 0.6) is 0 Å². The zero-order valence-corrected chi connectivity index (χ0v) is 12.0. The molecule has 0 radical (unpaired) electrons. The highest BCUT2D eigenvalue weighted by Gasteiger charge is 2.13. The Morgan fingerprint density at radius 2 is 1.85 bits per heavy atom. The van der Waals surface area contributed by atoms with Crippen molar-refractivity contribution >= 4 is 11.9 Å². The van der Waals surface area contributed by atoms with Crippen LogP contribution in [-0.2, 0) is 22.6 Å². The van der Waals surface area contributed by atoms with Crippen molar-refractivity contribution in [1.29, 1.82) is 0 Å². The van der Waals surface area contributed by atoms with Crippen molar-refractivity contribution in [3.8, 4) is 0 Å². The van der Waals surface area contributed by atoms with Crippen LogP contribution in [0.3, 0.4) is 0 Å². The topological polar surface area (TPSA) is 92.4 Å². The minimum atomic E-state index is -0.881. The van der Waals surface area contributed by atoms with E-state index in [1.807, 2.05) is 26.0 Å². The maximum atomic E-state index is 11.7. The van der Waals surface area contributed by atoms with Gasteiger partial charge in [-0.1, -0.05) is 24.3 Å². The fraction of sp³-hybridized carbons (Fsp3) is 0.467. The summed E-state index contributed by atoms with van der Waals surface area (Å²) in [6.45, 7) is 4.10. The molecule has 0 fully saturated rings. The van der Waals surface area contributed by atoms with Gasteiger partial charge in [-0.05, 0) is 31.4 Å². The number of rotatable bonds is 7. The quantitative estimate of drug-likeness (QED) is 0.703. The van der Waals surface area contributed by atoms with Crippen molar-refractivity contribution in [3.63, 3.8) is 0 Å². The normalized spacial score (nSPS) is 11.2. The first kappa shape index (κ1) is 16.2. The Balaban J connectivity index is 2.53. The van der Waals surface area contributed by atoms with E-state index in [1.54, 1.807) is 12.1 Å². The van der Waals surface area contributed by atoms with Gasteiger partial charge in [0.2, 0.25) is 5.91 Å². The molecule has 20 heavy (non-hydrogen) atoms. The second-order valence-electron chi connectivity index (χ2n) is 5.60. The van der Waals surface area contributed by atoms with Crippen molar-refractivity contribution in [2.24, 2.45) is 5.73 Å². The van der Waals surface area contributed by atoms with E-state index in [-0.39, 0.29) is 17.9 Å². The Morgan fingerprint density at radius 3 is 2.40 bits per heavy atom. The first-order chi connectivity index (χ1) is 9.28. The lowest BCUT2D eigenvalue weighted by Crippen LogP contribution is -2.34. The Bertz CT molecular complexity index is 478. The molecular formula is C15H22N2O3. The zero-order chi connectivity index (χ0) is 15.2. The summed E-state index contributed by atoms with van der Waals surface area (Å²) in [7, 11) is 0. The lowest BCUT2D eigenvalue weighted by molar-refractivity contribution is -0.136. The van der Waals surface area contributed by atoms with E-state index in [0.29, 0.717) is 19.4 Å². The lowest BCUT2D eigenvalue weighted by Gasteiger charge is -2.17. The molecule has 0 saturated carbocycles. The summed E-state index contributed by atoms with van der Waals surface area (Å²) in [4.78, 5) is 22.5. The molecule has 0 aliphatic rings. The molecule has 0 aliphatic carbocycles. The number of nitrogens with two attached hydrogens (primary N) is 1. The predicted molar refractivity (Wildman–Crippen MR) is 77.1 cm³/mol. The van der Waals surface area contributed by atoms with Crippen molar-refractivity contribution < 1.29 is 14.7 Å². The van der Waals surface area contributed by atoms with Crippen LogP contribution in [0.4, 0.5) is 0 Å². The van der Waals surface area contributed by atoms with E-state index >= 15 is 0 Å². The van der Waals surface area contributed by atoms with Gasteiger partial charge in [-0.3, -0.25) is 9.59 Å². The third-order valence-corrected chi connectivity index (χ3v) is 2.93. The van der Waals surface area contributed by atoms with Crippen molar-refractivity contribution in [1.82, 2.24) is 5.32 Å². The Kier molecular flexibility index (Phi) is 5.70. The van der Waals surface area contributed by atoms with Gasteiger partial charge in [0.25, 0.3) is 0 Å². The second-order valence-corrected chi connectivity index (χ2v) is 5.60. The smallest absolute Gasteiger partial charge is 0.307 e. The number of amides is 1. The van der Waals surface area contributed by atoms with E-state index in [2.05, 4.69) is 5.32 Å². The van der Waals surface area contributed by atoms with E-state index in [4.69, 9.17) is 10.8 Å². The molecule has 0 heterocycles. The Morgan fingerprint density at radius 1 is 1.25 bits per heavy atom. The maximum Gasteiger partial charge on any atom is 0.307 e. The molecule has 0 unspecified atom stereocenters. The van der Waals surface area contributed by atoms with Crippen LogP contribution in [0.2, 0.25) is 0 Å². The summed E-state index contributed by atoms with van der Waals surface area (Å²) >= 11 is 0. The summed E-state index contributed by atoms with van der Waals surface area (Å²) in [6.07, 6.45) is 0.933. The highest BCUT2D eigenvalue weighted by Crippen LogP contribution is 2.10. The molecule has 5 nitrogen and oxygen atoms in total. The molecule has 5 heteroatoms. The van der Waals surface area contributed by atoms with Gasteiger partial charge >= 0.3 is 5.97 Å².